The molecule has 0 atom stereocenters. The first kappa shape index (κ1) is 11.9. The Morgan fingerprint density at radius 3 is 2.82 bits per heavy atom. The number of thiazole rings is 1. The van der Waals surface area contributed by atoms with E-state index in [1.165, 1.54) is 23.7 Å². The quantitative estimate of drug-likeness (QED) is 0.831. The Morgan fingerprint density at radius 1 is 1.53 bits per heavy atom. The third-order valence-corrected chi connectivity index (χ3v) is 4.42. The van der Waals surface area contributed by atoms with E-state index < -0.39 is 9.84 Å². The van der Waals surface area contributed by atoms with Gasteiger partial charge in [0, 0.05) is 6.26 Å². The van der Waals surface area contributed by atoms with E-state index in [9.17, 15) is 8.42 Å². The molecule has 0 aliphatic heterocycles. The molecule has 1 N–H and O–H groups in total. The molecule has 0 amide bonds. The van der Waals surface area contributed by atoms with Gasteiger partial charge < -0.3 is 4.57 Å². The second-order valence-electron chi connectivity index (χ2n) is 3.60. The molecule has 0 saturated carbocycles. The average Bonchev–Trinajstić information content (AvgIpc) is 2.54. The topological polar surface area (TPSA) is 62.9 Å². The highest BCUT2D eigenvalue weighted by molar-refractivity contribution is 7.90. The summed E-state index contributed by atoms with van der Waals surface area (Å²) >= 11 is 1.22. The Hall–Kier alpha value is -1.58. The molecule has 88 valence electrons. The lowest BCUT2D eigenvalue weighted by Crippen LogP contribution is -2.11. The summed E-state index contributed by atoms with van der Waals surface area (Å²) in [5, 5.41) is 7.77. The van der Waals surface area contributed by atoms with Crippen molar-refractivity contribution in [1.29, 1.82) is 5.41 Å². The van der Waals surface area contributed by atoms with Crippen molar-refractivity contribution in [2.45, 2.75) is 11.4 Å². The molecule has 4 nitrogen and oxygen atoms in total. The van der Waals surface area contributed by atoms with E-state index in [2.05, 4.69) is 5.92 Å². The zero-order valence-corrected chi connectivity index (χ0v) is 10.7. The van der Waals surface area contributed by atoms with Gasteiger partial charge in [-0.3, -0.25) is 5.41 Å². The summed E-state index contributed by atoms with van der Waals surface area (Å²) in [7, 11) is -3.21. The van der Waals surface area contributed by atoms with Crippen LogP contribution < -0.4 is 4.80 Å². The van der Waals surface area contributed by atoms with Gasteiger partial charge in [-0.05, 0) is 18.2 Å². The smallest absolute Gasteiger partial charge is 0.183 e. The van der Waals surface area contributed by atoms with Crippen LogP contribution in [-0.2, 0) is 16.4 Å². The Morgan fingerprint density at radius 2 is 2.24 bits per heavy atom. The molecule has 0 aliphatic carbocycles. The average molecular weight is 266 g/mol. The van der Waals surface area contributed by atoms with Gasteiger partial charge in [0.15, 0.2) is 14.6 Å². The molecule has 1 aromatic carbocycles. The number of sulfone groups is 1. The highest BCUT2D eigenvalue weighted by atomic mass is 32.2. The first-order chi connectivity index (χ1) is 7.93. The maximum absolute atomic E-state index is 11.4. The first-order valence-electron chi connectivity index (χ1n) is 4.75. The maximum atomic E-state index is 11.4. The summed E-state index contributed by atoms with van der Waals surface area (Å²) in [5.74, 6) is 2.48. The summed E-state index contributed by atoms with van der Waals surface area (Å²) in [6, 6.07) is 4.81. The van der Waals surface area contributed by atoms with E-state index in [0.717, 1.165) is 10.2 Å². The number of terminal acetylenes is 1. The van der Waals surface area contributed by atoms with Crippen LogP contribution in [0.4, 0.5) is 0 Å². The van der Waals surface area contributed by atoms with Crippen LogP contribution in [-0.4, -0.2) is 19.2 Å². The second kappa shape index (κ2) is 4.02. The molecular weight excluding hydrogens is 256 g/mol. The molecule has 1 aromatic heterocycles. The minimum Gasteiger partial charge on any atom is -0.305 e. The van der Waals surface area contributed by atoms with Crippen LogP contribution in [0.15, 0.2) is 23.1 Å². The Kier molecular flexibility index (Phi) is 2.81. The van der Waals surface area contributed by atoms with Gasteiger partial charge in [-0.2, -0.15) is 0 Å². The van der Waals surface area contributed by atoms with Crippen LogP contribution in [0.5, 0.6) is 0 Å². The number of fused-ring (bicyclic) bond motifs is 1. The van der Waals surface area contributed by atoms with Gasteiger partial charge in [-0.15, -0.1) is 6.42 Å². The van der Waals surface area contributed by atoms with Crippen molar-refractivity contribution in [3.05, 3.63) is 23.0 Å². The molecule has 6 heteroatoms. The standard InChI is InChI=1S/C11H10N2O2S2/c1-3-6-13-9-5-4-8(17(2,14)15)7-10(9)16-11(13)12/h1,4-5,7,12H,6H2,2H3. The number of aromatic nitrogens is 1. The lowest BCUT2D eigenvalue weighted by Gasteiger charge is -2.00. The molecular formula is C11H10N2O2S2. The molecule has 2 rings (SSSR count). The van der Waals surface area contributed by atoms with Crippen LogP contribution in [0.2, 0.25) is 0 Å². The number of nitrogens with one attached hydrogen (secondary N) is 1. The summed E-state index contributed by atoms with van der Waals surface area (Å²) in [5.41, 5.74) is 0.797. The lowest BCUT2D eigenvalue weighted by molar-refractivity contribution is 0.602. The van der Waals surface area contributed by atoms with E-state index in [4.69, 9.17) is 11.8 Å². The van der Waals surface area contributed by atoms with Gasteiger partial charge in [0.1, 0.15) is 0 Å². The van der Waals surface area contributed by atoms with Crippen LogP contribution in [0, 0.1) is 17.8 Å². The molecule has 17 heavy (non-hydrogen) atoms. The third-order valence-electron chi connectivity index (χ3n) is 2.35. The van der Waals surface area contributed by atoms with Crippen LogP contribution in [0.3, 0.4) is 0 Å². The van der Waals surface area contributed by atoms with E-state index >= 15 is 0 Å². The van der Waals surface area contributed by atoms with Crippen LogP contribution in [0.25, 0.3) is 10.2 Å². The molecule has 0 aliphatic rings. The predicted molar refractivity (Wildman–Crippen MR) is 67.6 cm³/mol. The summed E-state index contributed by atoms with van der Waals surface area (Å²) in [4.78, 5) is 0.586. The highest BCUT2D eigenvalue weighted by Gasteiger charge is 2.10. The fraction of sp³-hybridized carbons (Fsp3) is 0.182. The largest absolute Gasteiger partial charge is 0.305 e. The van der Waals surface area contributed by atoms with Gasteiger partial charge in [-0.1, -0.05) is 17.3 Å². The zero-order valence-electron chi connectivity index (χ0n) is 9.10. The summed E-state index contributed by atoms with van der Waals surface area (Å²) in [6.45, 7) is 0.317. The van der Waals surface area contributed by atoms with Crippen molar-refractivity contribution in [2.75, 3.05) is 6.26 Å². The van der Waals surface area contributed by atoms with E-state index in [1.54, 1.807) is 16.7 Å². The number of rotatable bonds is 2. The van der Waals surface area contributed by atoms with Gasteiger partial charge in [0.05, 0.1) is 21.7 Å². The SMILES string of the molecule is C#CCn1c(=N)sc2cc(S(C)(=O)=O)ccc21. The van der Waals surface area contributed by atoms with E-state index in [1.807, 2.05) is 0 Å². The first-order valence-corrected chi connectivity index (χ1v) is 7.46. The number of nitrogens with zero attached hydrogens (tertiary/aromatic N) is 1. The molecule has 2 aromatic rings. The molecule has 0 unspecified atom stereocenters. The third kappa shape index (κ3) is 2.12. The monoisotopic (exact) mass is 266 g/mol. The highest BCUT2D eigenvalue weighted by Crippen LogP contribution is 2.21. The molecule has 0 radical (unpaired) electrons. The number of hydrogen-bond acceptors (Lipinski definition) is 4. The summed E-state index contributed by atoms with van der Waals surface area (Å²) < 4.78 is 25.3. The zero-order chi connectivity index (χ0) is 12.6. The minimum atomic E-state index is -3.21. The molecule has 1 heterocycles. The Labute approximate surface area is 103 Å². The normalized spacial score (nSPS) is 11.5. The van der Waals surface area contributed by atoms with Gasteiger partial charge >= 0.3 is 0 Å². The predicted octanol–water partition coefficient (Wildman–Crippen LogP) is 1.22. The van der Waals surface area contributed by atoms with Crippen molar-refractivity contribution in [3.63, 3.8) is 0 Å². The van der Waals surface area contributed by atoms with E-state index in [-0.39, 0.29) is 4.90 Å². The number of benzene rings is 1. The van der Waals surface area contributed by atoms with Crippen molar-refractivity contribution >= 4 is 31.4 Å². The van der Waals surface area contributed by atoms with Crippen molar-refractivity contribution in [1.82, 2.24) is 4.57 Å². The maximum Gasteiger partial charge on any atom is 0.183 e. The molecule has 0 spiro atoms. The van der Waals surface area contributed by atoms with Crippen LogP contribution in [0.1, 0.15) is 0 Å². The van der Waals surface area contributed by atoms with Crippen molar-refractivity contribution < 1.29 is 8.42 Å². The van der Waals surface area contributed by atoms with Gasteiger partial charge in [0.2, 0.25) is 0 Å². The van der Waals surface area contributed by atoms with Crippen molar-refractivity contribution in [2.24, 2.45) is 0 Å². The number of hydrogen-bond donors (Lipinski definition) is 1. The summed E-state index contributed by atoms with van der Waals surface area (Å²) in [6.07, 6.45) is 6.40. The Bertz CT molecular complexity index is 776. The second-order valence-corrected chi connectivity index (χ2v) is 6.65. The lowest BCUT2D eigenvalue weighted by atomic mass is 10.3. The fourth-order valence-electron chi connectivity index (χ4n) is 1.55. The Balaban J connectivity index is 2.75. The van der Waals surface area contributed by atoms with Crippen LogP contribution >= 0.6 is 11.3 Å². The molecule has 0 bridgehead atoms. The van der Waals surface area contributed by atoms with Crippen molar-refractivity contribution in [3.8, 4) is 12.3 Å². The minimum absolute atomic E-state index is 0.263. The fourth-order valence-corrected chi connectivity index (χ4v) is 3.22. The van der Waals surface area contributed by atoms with E-state index in [0.29, 0.717) is 11.3 Å². The molecule has 0 fully saturated rings. The molecule has 0 saturated heterocycles. The van der Waals surface area contributed by atoms with Gasteiger partial charge in [-0.25, -0.2) is 8.42 Å². The van der Waals surface area contributed by atoms with Gasteiger partial charge in [0.25, 0.3) is 0 Å².